The van der Waals surface area contributed by atoms with Crippen molar-refractivity contribution in [2.45, 2.75) is 70.1 Å². The van der Waals surface area contributed by atoms with Crippen molar-refractivity contribution in [2.24, 2.45) is 0 Å². The van der Waals surface area contributed by atoms with Gasteiger partial charge in [-0.05, 0) is 44.2 Å². The zero-order chi connectivity index (χ0) is 16.6. The van der Waals surface area contributed by atoms with Gasteiger partial charge in [0.2, 0.25) is 0 Å². The molecular formula is C20H27N3O2. The first kappa shape index (κ1) is 15.6. The van der Waals surface area contributed by atoms with Crippen LogP contribution in [0.25, 0.3) is 0 Å². The van der Waals surface area contributed by atoms with E-state index in [0.29, 0.717) is 5.92 Å². The van der Waals surface area contributed by atoms with Crippen molar-refractivity contribution in [1.82, 2.24) is 15.1 Å². The Kier molecular flexibility index (Phi) is 4.14. The zero-order valence-electron chi connectivity index (χ0n) is 14.8. The third-order valence-corrected chi connectivity index (χ3v) is 6.10. The van der Waals surface area contributed by atoms with E-state index in [1.807, 2.05) is 0 Å². The number of rotatable bonds is 4. The van der Waals surface area contributed by atoms with Gasteiger partial charge in [0.1, 0.15) is 17.6 Å². The lowest BCUT2D eigenvalue weighted by molar-refractivity contribution is 0.000798. The van der Waals surface area contributed by atoms with Crippen LogP contribution in [-0.2, 0) is 24.2 Å². The van der Waals surface area contributed by atoms with E-state index in [0.717, 1.165) is 50.6 Å². The largest absolute Gasteiger partial charge is 0.462 e. The van der Waals surface area contributed by atoms with Gasteiger partial charge in [-0.3, -0.25) is 10.00 Å². The number of H-pyrrole nitrogens is 1. The van der Waals surface area contributed by atoms with Crippen LogP contribution in [-0.4, -0.2) is 28.2 Å². The molecular weight excluding hydrogens is 314 g/mol. The van der Waals surface area contributed by atoms with E-state index in [-0.39, 0.29) is 6.10 Å². The number of nitrogens with one attached hydrogen (secondary N) is 1. The standard InChI is InChI=1S/C20H27N3O2/c1-2-11-24-18(6-1)19-8-7-15(25-19)12-23-10-9-17-16(13-23)20(22-21-17)14-4-3-5-14/h7-8,14,18H,1-6,9-13H2,(H,21,22). The van der Waals surface area contributed by atoms with Gasteiger partial charge in [-0.15, -0.1) is 0 Å². The first-order valence-corrected chi connectivity index (χ1v) is 9.85. The Labute approximate surface area is 148 Å². The van der Waals surface area contributed by atoms with Crippen LogP contribution in [0.1, 0.15) is 79.0 Å². The number of aromatic amines is 1. The fraction of sp³-hybridized carbons (Fsp3) is 0.650. The number of aromatic nitrogens is 2. The third-order valence-electron chi connectivity index (χ3n) is 6.10. The number of fused-ring (bicyclic) bond motifs is 1. The van der Waals surface area contributed by atoms with Gasteiger partial charge in [0.15, 0.2) is 0 Å². The highest BCUT2D eigenvalue weighted by atomic mass is 16.5. The predicted octanol–water partition coefficient (Wildman–Crippen LogP) is 4.07. The summed E-state index contributed by atoms with van der Waals surface area (Å²) >= 11 is 0. The van der Waals surface area contributed by atoms with Crippen molar-refractivity contribution in [2.75, 3.05) is 13.2 Å². The van der Waals surface area contributed by atoms with E-state index in [1.165, 1.54) is 49.1 Å². The van der Waals surface area contributed by atoms with Crippen LogP contribution in [0, 0.1) is 0 Å². The summed E-state index contributed by atoms with van der Waals surface area (Å²) in [6.45, 7) is 3.80. The van der Waals surface area contributed by atoms with Crippen molar-refractivity contribution >= 4 is 0 Å². The first-order chi connectivity index (χ1) is 12.4. The van der Waals surface area contributed by atoms with E-state index in [1.54, 1.807) is 0 Å². The molecule has 4 heterocycles. The van der Waals surface area contributed by atoms with E-state index in [2.05, 4.69) is 27.2 Å². The maximum atomic E-state index is 6.12. The number of ether oxygens (including phenoxy) is 1. The maximum absolute atomic E-state index is 6.12. The molecule has 1 saturated heterocycles. The molecule has 1 N–H and O–H groups in total. The van der Waals surface area contributed by atoms with Gasteiger partial charge in [-0.1, -0.05) is 6.42 Å². The van der Waals surface area contributed by atoms with E-state index >= 15 is 0 Å². The molecule has 1 saturated carbocycles. The molecule has 1 aliphatic carbocycles. The van der Waals surface area contributed by atoms with Crippen molar-refractivity contribution in [1.29, 1.82) is 0 Å². The fourth-order valence-electron chi connectivity index (χ4n) is 4.37. The van der Waals surface area contributed by atoms with E-state index in [9.17, 15) is 0 Å². The van der Waals surface area contributed by atoms with E-state index in [4.69, 9.17) is 9.15 Å². The van der Waals surface area contributed by atoms with Crippen LogP contribution in [0.3, 0.4) is 0 Å². The normalized spacial score (nSPS) is 24.9. The molecule has 0 radical (unpaired) electrons. The lowest BCUT2D eigenvalue weighted by Gasteiger charge is -2.29. The summed E-state index contributed by atoms with van der Waals surface area (Å²) < 4.78 is 12.0. The number of furan rings is 1. The van der Waals surface area contributed by atoms with Crippen molar-refractivity contribution < 1.29 is 9.15 Å². The topological polar surface area (TPSA) is 54.3 Å². The number of nitrogens with zero attached hydrogens (tertiary/aromatic N) is 2. The molecule has 134 valence electrons. The Morgan fingerprint density at radius 2 is 2.12 bits per heavy atom. The highest BCUT2D eigenvalue weighted by Gasteiger charge is 2.30. The molecule has 25 heavy (non-hydrogen) atoms. The Bertz CT molecular complexity index is 725. The summed E-state index contributed by atoms with van der Waals surface area (Å²) in [7, 11) is 0. The smallest absolute Gasteiger partial charge is 0.133 e. The van der Waals surface area contributed by atoms with Crippen LogP contribution in [0.15, 0.2) is 16.5 Å². The van der Waals surface area contributed by atoms with Gasteiger partial charge in [0, 0.05) is 43.3 Å². The highest BCUT2D eigenvalue weighted by molar-refractivity contribution is 5.31. The van der Waals surface area contributed by atoms with Crippen LogP contribution in [0.2, 0.25) is 0 Å². The van der Waals surface area contributed by atoms with E-state index < -0.39 is 0 Å². The molecule has 5 heteroatoms. The molecule has 0 amide bonds. The predicted molar refractivity (Wildman–Crippen MR) is 94.2 cm³/mol. The molecule has 3 aliphatic rings. The summed E-state index contributed by atoms with van der Waals surface area (Å²) in [5.41, 5.74) is 4.15. The average molecular weight is 341 g/mol. The monoisotopic (exact) mass is 341 g/mol. The second-order valence-electron chi connectivity index (χ2n) is 7.81. The van der Waals surface area contributed by atoms with Crippen molar-refractivity contribution in [3.05, 3.63) is 40.6 Å². The molecule has 2 aromatic heterocycles. The average Bonchev–Trinajstić information content (AvgIpc) is 3.22. The first-order valence-electron chi connectivity index (χ1n) is 9.85. The minimum absolute atomic E-state index is 0.162. The Balaban J connectivity index is 1.26. The summed E-state index contributed by atoms with van der Waals surface area (Å²) in [4.78, 5) is 2.49. The molecule has 5 rings (SSSR count). The summed E-state index contributed by atoms with van der Waals surface area (Å²) in [5.74, 6) is 2.76. The van der Waals surface area contributed by atoms with Gasteiger partial charge in [0.05, 0.1) is 12.2 Å². The number of hydrogen-bond acceptors (Lipinski definition) is 4. The summed E-state index contributed by atoms with van der Waals surface area (Å²) in [6, 6.07) is 4.24. The second kappa shape index (κ2) is 6.61. The molecule has 0 aromatic carbocycles. The van der Waals surface area contributed by atoms with Gasteiger partial charge in [0.25, 0.3) is 0 Å². The van der Waals surface area contributed by atoms with Crippen molar-refractivity contribution in [3.63, 3.8) is 0 Å². The van der Waals surface area contributed by atoms with Gasteiger partial charge in [-0.2, -0.15) is 5.10 Å². The lowest BCUT2D eigenvalue weighted by Crippen LogP contribution is -2.30. The molecule has 1 unspecified atom stereocenters. The van der Waals surface area contributed by atoms with Crippen LogP contribution in [0.5, 0.6) is 0 Å². The summed E-state index contributed by atoms with van der Waals surface area (Å²) in [6.07, 6.45) is 8.69. The van der Waals surface area contributed by atoms with Crippen molar-refractivity contribution in [3.8, 4) is 0 Å². The van der Waals surface area contributed by atoms with Gasteiger partial charge < -0.3 is 9.15 Å². The van der Waals surface area contributed by atoms with Gasteiger partial charge in [-0.25, -0.2) is 0 Å². The third kappa shape index (κ3) is 3.04. The minimum Gasteiger partial charge on any atom is -0.462 e. The molecule has 0 bridgehead atoms. The second-order valence-corrected chi connectivity index (χ2v) is 7.81. The summed E-state index contributed by atoms with van der Waals surface area (Å²) in [5, 5.41) is 7.93. The Hall–Kier alpha value is -1.59. The Morgan fingerprint density at radius 1 is 1.16 bits per heavy atom. The zero-order valence-corrected chi connectivity index (χ0v) is 14.8. The fourth-order valence-corrected chi connectivity index (χ4v) is 4.37. The molecule has 5 nitrogen and oxygen atoms in total. The number of hydrogen-bond donors (Lipinski definition) is 1. The molecule has 2 fully saturated rings. The van der Waals surface area contributed by atoms with Crippen LogP contribution >= 0.6 is 0 Å². The quantitative estimate of drug-likeness (QED) is 0.911. The SMILES string of the molecule is c1cc(C2CCCCO2)oc1CN1CCc2[nH]nc(C3CCC3)c2C1. The molecule has 1 atom stereocenters. The molecule has 0 spiro atoms. The van der Waals surface area contributed by atoms with Crippen LogP contribution in [0.4, 0.5) is 0 Å². The minimum atomic E-state index is 0.162. The maximum Gasteiger partial charge on any atom is 0.133 e. The Morgan fingerprint density at radius 3 is 2.92 bits per heavy atom. The highest BCUT2D eigenvalue weighted by Crippen LogP contribution is 2.39. The van der Waals surface area contributed by atoms with Gasteiger partial charge >= 0.3 is 0 Å². The molecule has 2 aliphatic heterocycles. The lowest BCUT2D eigenvalue weighted by atomic mass is 9.81. The van der Waals surface area contributed by atoms with Crippen LogP contribution < -0.4 is 0 Å². The molecule has 2 aromatic rings.